The average Bonchev–Trinajstić information content (AvgIpc) is 2.00. The third kappa shape index (κ3) is 6.67. The molecule has 0 spiro atoms. The van der Waals surface area contributed by atoms with Crippen molar-refractivity contribution in [2.45, 2.75) is 39.8 Å². The second kappa shape index (κ2) is 5.30. The van der Waals surface area contributed by atoms with E-state index >= 15 is 0 Å². The second-order valence-corrected chi connectivity index (χ2v) is 3.54. The van der Waals surface area contributed by atoms with Gasteiger partial charge in [0.05, 0.1) is 0 Å². The van der Waals surface area contributed by atoms with Crippen molar-refractivity contribution in [1.29, 1.82) is 0 Å². The summed E-state index contributed by atoms with van der Waals surface area (Å²) in [5.74, 6) is 0.807. The molecule has 2 atom stereocenters. The Morgan fingerprint density at radius 1 is 1.15 bits per heavy atom. The molecule has 0 saturated carbocycles. The molecule has 0 unspecified atom stereocenters. The zero-order valence-electron chi connectivity index (χ0n) is 8.36. The molecule has 0 saturated heterocycles. The number of hydrogen-bond donors (Lipinski definition) is 0. The third-order valence-electron chi connectivity index (χ3n) is 2.43. The third-order valence-corrected chi connectivity index (χ3v) is 2.43. The van der Waals surface area contributed by atoms with E-state index in [1.165, 1.54) is 6.08 Å². The average molecular weight is 194 g/mol. The van der Waals surface area contributed by atoms with Crippen LogP contribution in [0, 0.1) is 11.8 Å². The summed E-state index contributed by atoms with van der Waals surface area (Å²) in [6.07, 6.45) is -1.09. The van der Waals surface area contributed by atoms with Gasteiger partial charge in [-0.2, -0.15) is 13.2 Å². The minimum Gasteiger partial charge on any atom is -0.167 e. The van der Waals surface area contributed by atoms with E-state index in [1.807, 2.05) is 6.92 Å². The molecule has 0 amide bonds. The summed E-state index contributed by atoms with van der Waals surface area (Å²) in [5.41, 5.74) is 0. The van der Waals surface area contributed by atoms with Crippen molar-refractivity contribution in [3.05, 3.63) is 12.2 Å². The Hall–Kier alpha value is -0.470. The monoisotopic (exact) mass is 194 g/mol. The zero-order valence-corrected chi connectivity index (χ0v) is 8.36. The largest absolute Gasteiger partial charge is 0.409 e. The molecule has 0 aliphatic rings. The van der Waals surface area contributed by atoms with E-state index in [9.17, 15) is 13.2 Å². The van der Waals surface area contributed by atoms with Gasteiger partial charge in [-0.3, -0.25) is 0 Å². The lowest BCUT2D eigenvalue weighted by Gasteiger charge is -2.15. The molecule has 0 radical (unpaired) electrons. The van der Waals surface area contributed by atoms with Crippen LogP contribution in [0.1, 0.15) is 33.6 Å². The topological polar surface area (TPSA) is 0 Å². The summed E-state index contributed by atoms with van der Waals surface area (Å²) in [6.45, 7) is 6.09. The normalized spacial score (nSPS) is 17.7. The number of halogens is 3. The molecule has 0 fully saturated rings. The smallest absolute Gasteiger partial charge is 0.167 e. The Kier molecular flexibility index (Phi) is 5.11. The van der Waals surface area contributed by atoms with Gasteiger partial charge in [-0.15, -0.1) is 0 Å². The van der Waals surface area contributed by atoms with Crippen molar-refractivity contribution in [1.82, 2.24) is 0 Å². The summed E-state index contributed by atoms with van der Waals surface area (Å²) in [4.78, 5) is 0. The molecule has 0 bridgehead atoms. The molecule has 0 aromatic heterocycles. The van der Waals surface area contributed by atoms with Gasteiger partial charge in [-0.05, 0) is 18.3 Å². The van der Waals surface area contributed by atoms with Gasteiger partial charge in [-0.25, -0.2) is 0 Å². The predicted octanol–water partition coefficient (Wildman–Crippen LogP) is 4.18. The van der Waals surface area contributed by atoms with Crippen LogP contribution >= 0.6 is 0 Å². The van der Waals surface area contributed by atoms with Gasteiger partial charge in [-0.1, -0.05) is 33.3 Å². The van der Waals surface area contributed by atoms with Crippen LogP contribution in [0.5, 0.6) is 0 Å². The molecular formula is C10H17F3. The van der Waals surface area contributed by atoms with Crippen molar-refractivity contribution >= 4 is 0 Å². The molecule has 0 aromatic carbocycles. The molecule has 0 N–H and O–H groups in total. The second-order valence-electron chi connectivity index (χ2n) is 3.54. The van der Waals surface area contributed by atoms with Gasteiger partial charge in [0.25, 0.3) is 0 Å². The van der Waals surface area contributed by atoms with Crippen molar-refractivity contribution in [2.24, 2.45) is 11.8 Å². The van der Waals surface area contributed by atoms with E-state index in [-0.39, 0.29) is 0 Å². The zero-order chi connectivity index (χ0) is 10.5. The Morgan fingerprint density at radius 3 is 2.08 bits per heavy atom. The minimum absolute atomic E-state index is 0.323. The van der Waals surface area contributed by atoms with E-state index < -0.39 is 6.18 Å². The first-order chi connectivity index (χ1) is 5.87. The highest BCUT2D eigenvalue weighted by Gasteiger charge is 2.21. The van der Waals surface area contributed by atoms with Crippen LogP contribution in [0.3, 0.4) is 0 Å². The number of allylic oxidation sites excluding steroid dienone is 2. The van der Waals surface area contributed by atoms with Crippen molar-refractivity contribution < 1.29 is 13.2 Å². The van der Waals surface area contributed by atoms with Gasteiger partial charge in [0.15, 0.2) is 0 Å². The standard InChI is InChI=1S/C10H17F3/c1-4-8(2)9(3)6-5-7-10(11,12)13/h5,7-9H,4,6H2,1-3H3/b7-5+/t8-,9-/m1/s1. The molecule has 78 valence electrons. The maximum absolute atomic E-state index is 11.7. The van der Waals surface area contributed by atoms with E-state index in [0.29, 0.717) is 24.3 Å². The van der Waals surface area contributed by atoms with Crippen LogP contribution in [0.15, 0.2) is 12.2 Å². The van der Waals surface area contributed by atoms with E-state index in [2.05, 4.69) is 13.8 Å². The first-order valence-electron chi connectivity index (χ1n) is 4.61. The quantitative estimate of drug-likeness (QED) is 0.589. The molecule has 0 aliphatic heterocycles. The van der Waals surface area contributed by atoms with Crippen molar-refractivity contribution in [2.75, 3.05) is 0 Å². The van der Waals surface area contributed by atoms with Gasteiger partial charge in [0.1, 0.15) is 0 Å². The van der Waals surface area contributed by atoms with Crippen LogP contribution < -0.4 is 0 Å². The molecular weight excluding hydrogens is 177 g/mol. The van der Waals surface area contributed by atoms with Gasteiger partial charge in [0.2, 0.25) is 0 Å². The van der Waals surface area contributed by atoms with Crippen molar-refractivity contribution in [3.63, 3.8) is 0 Å². The van der Waals surface area contributed by atoms with Crippen molar-refractivity contribution in [3.8, 4) is 0 Å². The van der Waals surface area contributed by atoms with Crippen LogP contribution in [-0.4, -0.2) is 6.18 Å². The highest BCUT2D eigenvalue weighted by atomic mass is 19.4. The number of rotatable bonds is 4. The summed E-state index contributed by atoms with van der Waals surface area (Å²) in [6, 6.07) is 0. The Labute approximate surface area is 77.8 Å². The Bertz CT molecular complexity index is 158. The molecule has 13 heavy (non-hydrogen) atoms. The first-order valence-corrected chi connectivity index (χ1v) is 4.61. The van der Waals surface area contributed by atoms with Gasteiger partial charge in [0, 0.05) is 6.08 Å². The molecule has 0 heterocycles. The Balaban J connectivity index is 3.82. The molecule has 0 rings (SSSR count). The predicted molar refractivity (Wildman–Crippen MR) is 48.4 cm³/mol. The van der Waals surface area contributed by atoms with E-state index in [1.54, 1.807) is 0 Å². The Morgan fingerprint density at radius 2 is 1.69 bits per heavy atom. The van der Waals surface area contributed by atoms with Gasteiger partial charge < -0.3 is 0 Å². The highest BCUT2D eigenvalue weighted by molar-refractivity contribution is 4.89. The van der Waals surface area contributed by atoms with Gasteiger partial charge >= 0.3 is 6.18 Å². The molecule has 0 nitrogen and oxygen atoms in total. The first kappa shape index (κ1) is 12.5. The lowest BCUT2D eigenvalue weighted by atomic mass is 9.91. The van der Waals surface area contributed by atoms with Crippen LogP contribution in [-0.2, 0) is 0 Å². The maximum Gasteiger partial charge on any atom is 0.409 e. The van der Waals surface area contributed by atoms with Crippen LogP contribution in [0.2, 0.25) is 0 Å². The van der Waals surface area contributed by atoms with Crippen LogP contribution in [0.25, 0.3) is 0 Å². The fourth-order valence-electron chi connectivity index (χ4n) is 1.05. The van der Waals surface area contributed by atoms with E-state index in [0.717, 1.165) is 6.42 Å². The lowest BCUT2D eigenvalue weighted by Crippen LogP contribution is -2.06. The fraction of sp³-hybridized carbons (Fsp3) is 0.800. The maximum atomic E-state index is 11.7. The number of alkyl halides is 3. The molecule has 0 aliphatic carbocycles. The van der Waals surface area contributed by atoms with E-state index in [4.69, 9.17) is 0 Å². The summed E-state index contributed by atoms with van der Waals surface area (Å²) in [5, 5.41) is 0. The molecule has 0 aromatic rings. The summed E-state index contributed by atoms with van der Waals surface area (Å²) < 4.78 is 35.1. The van der Waals surface area contributed by atoms with Crippen LogP contribution in [0.4, 0.5) is 13.2 Å². The minimum atomic E-state index is -4.16. The SMILES string of the molecule is CC[C@@H](C)[C@H](C)C/C=C/C(F)(F)F. The lowest BCUT2D eigenvalue weighted by molar-refractivity contribution is -0.0801. The number of hydrogen-bond acceptors (Lipinski definition) is 0. The summed E-state index contributed by atoms with van der Waals surface area (Å²) in [7, 11) is 0. The fourth-order valence-corrected chi connectivity index (χ4v) is 1.05. The highest BCUT2D eigenvalue weighted by Crippen LogP contribution is 2.21. The summed E-state index contributed by atoms with van der Waals surface area (Å²) >= 11 is 0. The molecule has 3 heteroatoms.